The van der Waals surface area contributed by atoms with Crippen molar-refractivity contribution in [3.8, 4) is 0 Å². The fourth-order valence-corrected chi connectivity index (χ4v) is 2.04. The van der Waals surface area contributed by atoms with Gasteiger partial charge in [-0.15, -0.1) is 0 Å². The maximum Gasteiger partial charge on any atom is 0.277 e. The maximum atomic E-state index is 10.6. The smallest absolute Gasteiger partial charge is 0.277 e. The minimum Gasteiger partial charge on any atom is -0.365 e. The molecule has 0 unspecified atom stereocenters. The van der Waals surface area contributed by atoms with Crippen LogP contribution >= 0.6 is 0 Å². The number of rotatable bonds is 13. The Morgan fingerprint density at radius 1 is 0.947 bits per heavy atom. The highest BCUT2D eigenvalue weighted by atomic mass is 16.5. The van der Waals surface area contributed by atoms with Crippen molar-refractivity contribution >= 4 is 5.91 Å². The first-order chi connectivity index (χ1) is 9.00. The first kappa shape index (κ1) is 18.4. The molecule has 0 aromatic rings. The second kappa shape index (κ2) is 11.2. The largest absolute Gasteiger partial charge is 0.365 e. The lowest BCUT2D eigenvalue weighted by Crippen LogP contribution is -2.44. The van der Waals surface area contributed by atoms with Crippen LogP contribution in [0, 0.1) is 6.42 Å². The molecule has 4 nitrogen and oxygen atoms in total. The molecule has 19 heavy (non-hydrogen) atoms. The Bertz CT molecular complexity index is 229. The molecule has 0 saturated heterocycles. The van der Waals surface area contributed by atoms with Gasteiger partial charge in [0.2, 0.25) is 5.79 Å². The van der Waals surface area contributed by atoms with E-state index in [-0.39, 0.29) is 0 Å². The van der Waals surface area contributed by atoms with Gasteiger partial charge < -0.3 is 15.9 Å². The maximum absolute atomic E-state index is 10.6. The number of carbonyl (C=O) groups excluding carboxylic acids is 1. The summed E-state index contributed by atoms with van der Waals surface area (Å²) < 4.78 is 0. The summed E-state index contributed by atoms with van der Waals surface area (Å²) in [6.45, 7) is 2.22. The van der Waals surface area contributed by atoms with Crippen LogP contribution in [-0.2, 0) is 4.79 Å². The van der Waals surface area contributed by atoms with Gasteiger partial charge in [0.15, 0.2) is 0 Å². The third kappa shape index (κ3) is 11.0. The van der Waals surface area contributed by atoms with Crippen LogP contribution in [0.1, 0.15) is 77.6 Å². The lowest BCUT2D eigenvalue weighted by atomic mass is 10.0. The van der Waals surface area contributed by atoms with Crippen LogP contribution in [0.25, 0.3) is 0 Å². The molecule has 0 spiro atoms. The number of hydrogen-bond donors (Lipinski definition) is 3. The molecule has 0 rings (SSSR count). The van der Waals surface area contributed by atoms with E-state index >= 15 is 0 Å². The summed E-state index contributed by atoms with van der Waals surface area (Å²) in [5.74, 6) is -3.56. The molecular formula is C15H30NO3. The van der Waals surface area contributed by atoms with Gasteiger partial charge in [-0.1, -0.05) is 71.1 Å². The highest BCUT2D eigenvalue weighted by molar-refractivity contribution is 5.82. The van der Waals surface area contributed by atoms with Gasteiger partial charge >= 0.3 is 0 Å². The van der Waals surface area contributed by atoms with E-state index in [4.69, 9.17) is 15.9 Å². The van der Waals surface area contributed by atoms with E-state index in [1.54, 1.807) is 0 Å². The standard InChI is InChI=1S/C15H30NO3/c1-2-3-4-5-6-7-8-9-10-11-12-13-15(18,19)14(16)17/h13,18-19H,2-12H2,1H3,(H2,16,17). The SMILES string of the molecule is CCCCCCCCCCCC[CH]C(O)(O)C(N)=O. The number of aliphatic hydroxyl groups is 2. The van der Waals surface area contributed by atoms with E-state index in [1.807, 2.05) is 0 Å². The Kier molecular flexibility index (Phi) is 10.9. The lowest BCUT2D eigenvalue weighted by Gasteiger charge is -2.16. The van der Waals surface area contributed by atoms with Gasteiger partial charge in [0.1, 0.15) is 0 Å². The number of carbonyl (C=O) groups is 1. The predicted molar refractivity (Wildman–Crippen MR) is 77.1 cm³/mol. The van der Waals surface area contributed by atoms with Gasteiger partial charge in [0.05, 0.1) is 0 Å². The van der Waals surface area contributed by atoms with Crippen LogP contribution in [-0.4, -0.2) is 21.9 Å². The zero-order valence-electron chi connectivity index (χ0n) is 12.2. The Balaban J connectivity index is 3.21. The highest BCUT2D eigenvalue weighted by Gasteiger charge is 2.29. The third-order valence-electron chi connectivity index (χ3n) is 3.35. The van der Waals surface area contributed by atoms with Crippen LogP contribution in [0.3, 0.4) is 0 Å². The van der Waals surface area contributed by atoms with Crippen molar-refractivity contribution in [1.29, 1.82) is 0 Å². The van der Waals surface area contributed by atoms with Gasteiger partial charge in [0, 0.05) is 6.42 Å². The molecule has 0 saturated carbocycles. The Morgan fingerprint density at radius 3 is 1.79 bits per heavy atom. The van der Waals surface area contributed by atoms with Crippen LogP contribution in [0.2, 0.25) is 0 Å². The summed E-state index contributed by atoms with van der Waals surface area (Å²) in [6, 6.07) is 0. The third-order valence-corrected chi connectivity index (χ3v) is 3.35. The van der Waals surface area contributed by atoms with Crippen molar-refractivity contribution in [2.24, 2.45) is 5.73 Å². The van der Waals surface area contributed by atoms with Crippen molar-refractivity contribution in [3.05, 3.63) is 6.42 Å². The monoisotopic (exact) mass is 272 g/mol. The van der Waals surface area contributed by atoms with Crippen molar-refractivity contribution in [2.45, 2.75) is 83.3 Å². The van der Waals surface area contributed by atoms with Crippen molar-refractivity contribution in [1.82, 2.24) is 0 Å². The number of nitrogens with two attached hydrogens (primary N) is 1. The summed E-state index contributed by atoms with van der Waals surface area (Å²) in [4.78, 5) is 10.6. The van der Waals surface area contributed by atoms with Crippen LogP contribution in [0.15, 0.2) is 0 Å². The van der Waals surface area contributed by atoms with E-state index in [0.29, 0.717) is 6.42 Å². The second-order valence-electron chi connectivity index (χ2n) is 5.27. The first-order valence-corrected chi connectivity index (χ1v) is 7.59. The highest BCUT2D eigenvalue weighted by Crippen LogP contribution is 2.14. The van der Waals surface area contributed by atoms with E-state index in [0.717, 1.165) is 12.8 Å². The molecule has 0 aliphatic heterocycles. The Labute approximate surface area is 117 Å². The molecular weight excluding hydrogens is 242 g/mol. The van der Waals surface area contributed by atoms with E-state index in [1.165, 1.54) is 57.8 Å². The van der Waals surface area contributed by atoms with E-state index in [9.17, 15) is 4.79 Å². The first-order valence-electron chi connectivity index (χ1n) is 7.59. The van der Waals surface area contributed by atoms with Crippen molar-refractivity contribution < 1.29 is 15.0 Å². The molecule has 1 amide bonds. The van der Waals surface area contributed by atoms with Crippen LogP contribution < -0.4 is 5.73 Å². The normalized spacial score (nSPS) is 11.7. The lowest BCUT2D eigenvalue weighted by molar-refractivity contribution is -0.170. The van der Waals surface area contributed by atoms with Crippen LogP contribution in [0.5, 0.6) is 0 Å². The molecule has 113 valence electrons. The predicted octanol–water partition coefficient (Wildman–Crippen LogP) is 2.67. The van der Waals surface area contributed by atoms with Crippen molar-refractivity contribution in [3.63, 3.8) is 0 Å². The molecule has 0 aliphatic carbocycles. The second-order valence-corrected chi connectivity index (χ2v) is 5.27. The quantitative estimate of drug-likeness (QED) is 0.356. The molecule has 0 aliphatic rings. The van der Waals surface area contributed by atoms with Gasteiger partial charge in [0.25, 0.3) is 5.91 Å². The summed E-state index contributed by atoms with van der Waals surface area (Å²) in [5.41, 5.74) is 4.83. The van der Waals surface area contributed by atoms with E-state index < -0.39 is 11.7 Å². The zero-order valence-corrected chi connectivity index (χ0v) is 12.2. The Hall–Kier alpha value is -0.610. The summed E-state index contributed by atoms with van der Waals surface area (Å²) in [5, 5.41) is 18.3. The van der Waals surface area contributed by atoms with Gasteiger partial charge in [-0.2, -0.15) is 0 Å². The number of amides is 1. The molecule has 0 heterocycles. The number of unbranched alkanes of at least 4 members (excludes halogenated alkanes) is 10. The van der Waals surface area contributed by atoms with Gasteiger partial charge in [-0.25, -0.2) is 0 Å². The van der Waals surface area contributed by atoms with E-state index in [2.05, 4.69) is 6.92 Å². The average Bonchev–Trinajstić information content (AvgIpc) is 2.35. The summed E-state index contributed by atoms with van der Waals surface area (Å²) >= 11 is 0. The molecule has 0 atom stereocenters. The van der Waals surface area contributed by atoms with Gasteiger partial charge in [-0.3, -0.25) is 4.79 Å². The molecule has 4 N–H and O–H groups in total. The number of primary amides is 1. The Morgan fingerprint density at radius 2 is 1.37 bits per heavy atom. The van der Waals surface area contributed by atoms with Crippen molar-refractivity contribution in [2.75, 3.05) is 0 Å². The molecule has 1 radical (unpaired) electrons. The van der Waals surface area contributed by atoms with Crippen LogP contribution in [0.4, 0.5) is 0 Å². The number of hydrogen-bond acceptors (Lipinski definition) is 3. The molecule has 0 bridgehead atoms. The van der Waals surface area contributed by atoms with Gasteiger partial charge in [-0.05, 0) is 6.42 Å². The molecule has 0 fully saturated rings. The fourth-order valence-electron chi connectivity index (χ4n) is 2.04. The fraction of sp³-hybridized carbons (Fsp3) is 0.867. The zero-order chi connectivity index (χ0) is 14.6. The summed E-state index contributed by atoms with van der Waals surface area (Å²) in [7, 11) is 0. The molecule has 0 aromatic carbocycles. The molecule has 4 heteroatoms. The minimum absolute atomic E-state index is 0.506. The average molecular weight is 272 g/mol. The topological polar surface area (TPSA) is 83.6 Å². The minimum atomic E-state index is -2.45. The molecule has 0 aromatic heterocycles. The summed E-state index contributed by atoms with van der Waals surface area (Å²) in [6.07, 6.45) is 14.0.